The molecule has 0 spiro atoms. The highest BCUT2D eigenvalue weighted by Gasteiger charge is 2.47. The van der Waals surface area contributed by atoms with E-state index in [9.17, 15) is 4.79 Å². The minimum atomic E-state index is 0.138. The predicted octanol–water partition coefficient (Wildman–Crippen LogP) is 4.64. The first-order chi connectivity index (χ1) is 15.2. The number of nitrogens with zero attached hydrogens (tertiary/aromatic N) is 2. The monoisotopic (exact) mass is 412 g/mol. The lowest BCUT2D eigenvalue weighted by Crippen LogP contribution is -2.33. The van der Waals surface area contributed by atoms with Crippen molar-refractivity contribution in [3.63, 3.8) is 0 Å². The number of carbonyl (C=O) groups is 1. The third-order valence-electron chi connectivity index (χ3n) is 6.67. The first kappa shape index (κ1) is 19.8. The molecule has 31 heavy (non-hydrogen) atoms. The molecule has 5 rings (SSSR count). The van der Waals surface area contributed by atoms with Gasteiger partial charge in [0.25, 0.3) is 5.91 Å². The average Bonchev–Trinajstić information content (AvgIpc) is 3.35. The standard InChI is InChI=1S/C27H28N2O2/c1-28-16-23-17-29(18-25(23)26(28)21-8-4-2-5-9-21)27(30)22-14-12-20(13-15-22)19-31-24-10-6-3-7-11-24/h2-15,23,25-26H,16-19H2,1H3/t23-,25+,26-/m0/s1. The van der Waals surface area contributed by atoms with E-state index < -0.39 is 0 Å². The molecule has 1 amide bonds. The van der Waals surface area contributed by atoms with Crippen molar-refractivity contribution in [2.24, 2.45) is 11.8 Å². The number of ether oxygens (including phenoxy) is 1. The lowest BCUT2D eigenvalue weighted by Gasteiger charge is -2.27. The van der Waals surface area contributed by atoms with Crippen LogP contribution < -0.4 is 4.74 Å². The van der Waals surface area contributed by atoms with Crippen molar-refractivity contribution in [1.29, 1.82) is 0 Å². The fourth-order valence-electron chi connectivity index (χ4n) is 5.18. The molecule has 3 aromatic carbocycles. The van der Waals surface area contributed by atoms with Crippen molar-refractivity contribution in [2.75, 3.05) is 26.7 Å². The van der Waals surface area contributed by atoms with Crippen LogP contribution in [0.15, 0.2) is 84.9 Å². The van der Waals surface area contributed by atoms with Crippen LogP contribution in [-0.4, -0.2) is 42.4 Å². The molecular weight excluding hydrogens is 384 g/mol. The zero-order valence-electron chi connectivity index (χ0n) is 17.9. The molecule has 0 saturated carbocycles. The van der Waals surface area contributed by atoms with Gasteiger partial charge in [-0.25, -0.2) is 0 Å². The minimum Gasteiger partial charge on any atom is -0.489 e. The molecule has 2 aliphatic rings. The summed E-state index contributed by atoms with van der Waals surface area (Å²) in [7, 11) is 2.21. The van der Waals surface area contributed by atoms with Crippen molar-refractivity contribution in [1.82, 2.24) is 9.80 Å². The SMILES string of the molecule is CN1C[C@H]2CN(C(=O)c3ccc(COc4ccccc4)cc3)C[C@H]2[C@@H]1c1ccccc1. The lowest BCUT2D eigenvalue weighted by molar-refractivity contribution is 0.0768. The third-order valence-corrected chi connectivity index (χ3v) is 6.67. The molecular formula is C27H28N2O2. The van der Waals surface area contributed by atoms with Gasteiger partial charge < -0.3 is 9.64 Å². The minimum absolute atomic E-state index is 0.138. The summed E-state index contributed by atoms with van der Waals surface area (Å²) >= 11 is 0. The van der Waals surface area contributed by atoms with E-state index in [-0.39, 0.29) is 5.91 Å². The Hall–Kier alpha value is -3.11. The number of para-hydroxylation sites is 1. The van der Waals surface area contributed by atoms with Gasteiger partial charge in [-0.05, 0) is 48.4 Å². The Labute approximate surface area is 184 Å². The van der Waals surface area contributed by atoms with Gasteiger partial charge >= 0.3 is 0 Å². The number of likely N-dealkylation sites (tertiary alicyclic amines) is 2. The topological polar surface area (TPSA) is 32.8 Å². The Balaban J connectivity index is 1.23. The second-order valence-electron chi connectivity index (χ2n) is 8.73. The van der Waals surface area contributed by atoms with Crippen LogP contribution >= 0.6 is 0 Å². The number of amides is 1. The van der Waals surface area contributed by atoms with Crippen molar-refractivity contribution >= 4 is 5.91 Å². The van der Waals surface area contributed by atoms with E-state index in [2.05, 4.69) is 42.3 Å². The van der Waals surface area contributed by atoms with Crippen LogP contribution in [0.4, 0.5) is 0 Å². The maximum absolute atomic E-state index is 13.2. The summed E-state index contributed by atoms with van der Waals surface area (Å²) in [5.41, 5.74) is 3.17. The van der Waals surface area contributed by atoms with Crippen molar-refractivity contribution in [3.05, 3.63) is 102 Å². The van der Waals surface area contributed by atoms with Crippen LogP contribution in [0.5, 0.6) is 5.75 Å². The van der Waals surface area contributed by atoms with Crippen molar-refractivity contribution in [3.8, 4) is 5.75 Å². The second-order valence-corrected chi connectivity index (χ2v) is 8.73. The van der Waals surface area contributed by atoms with Crippen LogP contribution in [0.3, 0.4) is 0 Å². The molecule has 0 unspecified atom stereocenters. The van der Waals surface area contributed by atoms with E-state index in [4.69, 9.17) is 4.74 Å². The van der Waals surface area contributed by atoms with Crippen LogP contribution in [-0.2, 0) is 6.61 Å². The van der Waals surface area contributed by atoms with E-state index in [0.29, 0.717) is 24.5 Å². The summed E-state index contributed by atoms with van der Waals surface area (Å²) in [4.78, 5) is 17.7. The summed E-state index contributed by atoms with van der Waals surface area (Å²) in [6.07, 6.45) is 0. The largest absolute Gasteiger partial charge is 0.489 e. The molecule has 3 atom stereocenters. The Kier molecular flexibility index (Phi) is 5.47. The van der Waals surface area contributed by atoms with Gasteiger partial charge in [0.15, 0.2) is 0 Å². The first-order valence-electron chi connectivity index (χ1n) is 11.0. The van der Waals surface area contributed by atoms with Crippen molar-refractivity contribution in [2.45, 2.75) is 12.6 Å². The molecule has 4 nitrogen and oxygen atoms in total. The summed E-state index contributed by atoms with van der Waals surface area (Å²) in [5.74, 6) is 2.02. The van der Waals surface area contributed by atoms with E-state index in [1.54, 1.807) is 0 Å². The highest BCUT2D eigenvalue weighted by molar-refractivity contribution is 5.94. The Morgan fingerprint density at radius 1 is 0.871 bits per heavy atom. The Morgan fingerprint density at radius 2 is 1.55 bits per heavy atom. The zero-order valence-corrected chi connectivity index (χ0v) is 17.9. The maximum atomic E-state index is 13.2. The second kappa shape index (κ2) is 8.56. The molecule has 0 aromatic heterocycles. The Bertz CT molecular complexity index is 1020. The molecule has 2 aliphatic heterocycles. The number of benzene rings is 3. The maximum Gasteiger partial charge on any atom is 0.253 e. The molecule has 2 saturated heterocycles. The number of hydrogen-bond donors (Lipinski definition) is 0. The summed E-state index contributed by atoms with van der Waals surface area (Å²) < 4.78 is 5.81. The molecule has 0 aliphatic carbocycles. The molecule has 0 bridgehead atoms. The average molecular weight is 413 g/mol. The number of carbonyl (C=O) groups excluding carboxylic acids is 1. The van der Waals surface area contributed by atoms with Gasteiger partial charge in [-0.1, -0.05) is 60.7 Å². The Morgan fingerprint density at radius 3 is 2.26 bits per heavy atom. The van der Waals surface area contributed by atoms with Gasteiger partial charge in [0.1, 0.15) is 12.4 Å². The van der Waals surface area contributed by atoms with Gasteiger partial charge in [0.05, 0.1) is 0 Å². The molecule has 158 valence electrons. The molecule has 4 heteroatoms. The van der Waals surface area contributed by atoms with E-state index in [0.717, 1.165) is 36.5 Å². The van der Waals surface area contributed by atoms with Crippen LogP contribution in [0.2, 0.25) is 0 Å². The molecule has 0 radical (unpaired) electrons. The number of rotatable bonds is 5. The fraction of sp³-hybridized carbons (Fsp3) is 0.296. The molecule has 2 heterocycles. The fourth-order valence-corrected chi connectivity index (χ4v) is 5.18. The molecule has 0 N–H and O–H groups in total. The van der Waals surface area contributed by atoms with Gasteiger partial charge in [-0.2, -0.15) is 0 Å². The smallest absolute Gasteiger partial charge is 0.253 e. The third kappa shape index (κ3) is 4.08. The predicted molar refractivity (Wildman–Crippen MR) is 122 cm³/mol. The highest BCUT2D eigenvalue weighted by atomic mass is 16.5. The van der Waals surface area contributed by atoms with Crippen molar-refractivity contribution < 1.29 is 9.53 Å². The van der Waals surface area contributed by atoms with E-state index in [1.165, 1.54) is 5.56 Å². The van der Waals surface area contributed by atoms with E-state index >= 15 is 0 Å². The summed E-state index contributed by atoms with van der Waals surface area (Å²) in [6, 6.07) is 28.7. The van der Waals surface area contributed by atoms with Gasteiger partial charge in [0, 0.05) is 37.2 Å². The summed E-state index contributed by atoms with van der Waals surface area (Å²) in [6.45, 7) is 3.21. The number of fused-ring (bicyclic) bond motifs is 1. The van der Waals surface area contributed by atoms with Gasteiger partial charge in [0.2, 0.25) is 0 Å². The quantitative estimate of drug-likeness (QED) is 0.612. The van der Waals surface area contributed by atoms with Crippen LogP contribution in [0.1, 0.15) is 27.5 Å². The zero-order chi connectivity index (χ0) is 21.2. The highest BCUT2D eigenvalue weighted by Crippen LogP contribution is 2.44. The normalized spacial score (nSPS) is 23.0. The van der Waals surface area contributed by atoms with Gasteiger partial charge in [-0.3, -0.25) is 9.69 Å². The lowest BCUT2D eigenvalue weighted by atomic mass is 9.90. The molecule has 2 fully saturated rings. The van der Waals surface area contributed by atoms with E-state index in [1.807, 2.05) is 59.5 Å². The summed E-state index contributed by atoms with van der Waals surface area (Å²) in [5, 5.41) is 0. The van der Waals surface area contributed by atoms with Crippen LogP contribution in [0.25, 0.3) is 0 Å². The molecule has 3 aromatic rings. The van der Waals surface area contributed by atoms with Gasteiger partial charge in [-0.15, -0.1) is 0 Å². The number of hydrogen-bond acceptors (Lipinski definition) is 3. The first-order valence-corrected chi connectivity index (χ1v) is 11.0. The van der Waals surface area contributed by atoms with Crippen LogP contribution in [0, 0.1) is 11.8 Å².